The number of aliphatic hydroxyl groups is 1. The third-order valence-corrected chi connectivity index (χ3v) is 6.50. The SMILES string of the molecule is COc1cccc(C2/C(=C(\O)c3cc(OC)ccc3Cl)C(=O)C(=O)N2Cc2ccc3c(c2)OCO3)c1. The number of ketones is 1. The van der Waals surface area contributed by atoms with Crippen molar-refractivity contribution in [2.75, 3.05) is 21.0 Å². The Morgan fingerprint density at radius 3 is 2.53 bits per heavy atom. The van der Waals surface area contributed by atoms with Crippen LogP contribution < -0.4 is 18.9 Å². The summed E-state index contributed by atoms with van der Waals surface area (Å²) in [7, 11) is 3.01. The van der Waals surface area contributed by atoms with Gasteiger partial charge in [0.15, 0.2) is 11.5 Å². The first-order valence-electron chi connectivity index (χ1n) is 11.1. The highest BCUT2D eigenvalue weighted by Gasteiger charge is 2.46. The molecule has 1 fully saturated rings. The minimum absolute atomic E-state index is 0.0795. The highest BCUT2D eigenvalue weighted by Crippen LogP contribution is 2.43. The minimum Gasteiger partial charge on any atom is -0.507 e. The lowest BCUT2D eigenvalue weighted by molar-refractivity contribution is -0.140. The number of ether oxygens (including phenoxy) is 4. The molecular formula is C27H22ClNO7. The normalized spacial score (nSPS) is 18.0. The molecular weight excluding hydrogens is 486 g/mol. The molecule has 1 amide bonds. The van der Waals surface area contributed by atoms with Crippen molar-refractivity contribution in [3.63, 3.8) is 0 Å². The van der Waals surface area contributed by atoms with Crippen molar-refractivity contribution in [1.82, 2.24) is 4.90 Å². The van der Waals surface area contributed by atoms with Crippen LogP contribution >= 0.6 is 11.6 Å². The molecule has 0 aliphatic carbocycles. The summed E-state index contributed by atoms with van der Waals surface area (Å²) >= 11 is 6.37. The molecule has 1 atom stereocenters. The number of fused-ring (bicyclic) bond motifs is 1. The van der Waals surface area contributed by atoms with Gasteiger partial charge in [0.2, 0.25) is 6.79 Å². The molecule has 1 unspecified atom stereocenters. The van der Waals surface area contributed by atoms with Crippen LogP contribution in [0.2, 0.25) is 5.02 Å². The first-order chi connectivity index (χ1) is 17.4. The summed E-state index contributed by atoms with van der Waals surface area (Å²) in [5.41, 5.74) is 1.43. The second-order valence-electron chi connectivity index (χ2n) is 8.24. The van der Waals surface area contributed by atoms with E-state index >= 15 is 0 Å². The van der Waals surface area contributed by atoms with E-state index < -0.39 is 23.5 Å². The highest BCUT2D eigenvalue weighted by molar-refractivity contribution is 6.47. The van der Waals surface area contributed by atoms with E-state index in [9.17, 15) is 14.7 Å². The van der Waals surface area contributed by atoms with Crippen LogP contribution in [0.4, 0.5) is 0 Å². The van der Waals surface area contributed by atoms with E-state index in [2.05, 4.69) is 0 Å². The quantitative estimate of drug-likeness (QED) is 0.293. The van der Waals surface area contributed by atoms with Gasteiger partial charge in [-0.1, -0.05) is 29.8 Å². The van der Waals surface area contributed by atoms with Crippen LogP contribution in [0.25, 0.3) is 5.76 Å². The molecule has 5 rings (SSSR count). The number of methoxy groups -OCH3 is 2. The maximum absolute atomic E-state index is 13.4. The molecule has 0 aromatic heterocycles. The lowest BCUT2D eigenvalue weighted by Gasteiger charge is -2.26. The van der Waals surface area contributed by atoms with Crippen LogP contribution in [0.1, 0.15) is 22.7 Å². The first kappa shape index (κ1) is 23.6. The Balaban J connectivity index is 1.65. The average Bonchev–Trinajstić information content (AvgIpc) is 3.46. The predicted octanol–water partition coefficient (Wildman–Crippen LogP) is 4.71. The standard InChI is InChI=1S/C27H22ClNO7/c1-33-17-5-3-4-16(11-17)24-23(25(30)19-12-18(34-2)7-8-20(19)28)26(31)27(32)29(24)13-15-6-9-21-22(10-15)36-14-35-21/h3-12,24,30H,13-14H2,1-2H3/b25-23+. The van der Waals surface area contributed by atoms with Gasteiger partial charge in [-0.25, -0.2) is 0 Å². The molecule has 184 valence electrons. The third kappa shape index (κ3) is 4.09. The molecule has 2 aliphatic rings. The summed E-state index contributed by atoms with van der Waals surface area (Å²) in [4.78, 5) is 28.1. The zero-order chi connectivity index (χ0) is 25.4. The lowest BCUT2D eigenvalue weighted by atomic mass is 9.95. The van der Waals surface area contributed by atoms with E-state index in [4.69, 9.17) is 30.5 Å². The number of amides is 1. The number of hydrogen-bond acceptors (Lipinski definition) is 7. The van der Waals surface area contributed by atoms with E-state index in [1.165, 1.54) is 25.2 Å². The second kappa shape index (κ2) is 9.47. The summed E-state index contributed by atoms with van der Waals surface area (Å²) in [5, 5.41) is 11.6. The van der Waals surface area contributed by atoms with Crippen molar-refractivity contribution < 1.29 is 33.6 Å². The van der Waals surface area contributed by atoms with Crippen molar-refractivity contribution in [2.24, 2.45) is 0 Å². The average molecular weight is 508 g/mol. The molecule has 36 heavy (non-hydrogen) atoms. The van der Waals surface area contributed by atoms with Crippen LogP contribution in [-0.2, 0) is 16.1 Å². The van der Waals surface area contributed by atoms with Crippen molar-refractivity contribution in [1.29, 1.82) is 0 Å². The first-order valence-corrected chi connectivity index (χ1v) is 11.4. The van der Waals surface area contributed by atoms with Gasteiger partial charge in [-0.15, -0.1) is 0 Å². The summed E-state index contributed by atoms with van der Waals surface area (Å²) in [6.45, 7) is 0.208. The number of rotatable bonds is 6. The second-order valence-corrected chi connectivity index (χ2v) is 8.64. The van der Waals surface area contributed by atoms with E-state index in [0.717, 1.165) is 5.56 Å². The van der Waals surface area contributed by atoms with Gasteiger partial charge in [0.25, 0.3) is 11.7 Å². The molecule has 1 N–H and O–H groups in total. The molecule has 3 aromatic carbocycles. The minimum atomic E-state index is -0.896. The number of aliphatic hydroxyl groups excluding tert-OH is 1. The topological polar surface area (TPSA) is 94.5 Å². The van der Waals surface area contributed by atoms with Crippen LogP contribution in [0, 0.1) is 0 Å². The van der Waals surface area contributed by atoms with Gasteiger partial charge in [-0.3, -0.25) is 9.59 Å². The molecule has 2 heterocycles. The number of Topliss-reactive ketones (excluding diaryl/α,β-unsaturated/α-hetero) is 1. The smallest absolute Gasteiger partial charge is 0.295 e. The molecule has 0 radical (unpaired) electrons. The van der Waals surface area contributed by atoms with Crippen LogP contribution in [-0.4, -0.2) is 42.7 Å². The molecule has 0 spiro atoms. The Kier molecular flexibility index (Phi) is 6.20. The zero-order valence-corrected chi connectivity index (χ0v) is 20.2. The van der Waals surface area contributed by atoms with Gasteiger partial charge >= 0.3 is 0 Å². The number of carbonyl (C=O) groups is 2. The number of likely N-dealkylation sites (tertiary alicyclic amines) is 1. The van der Waals surface area contributed by atoms with Gasteiger partial charge in [-0.2, -0.15) is 0 Å². The summed E-state index contributed by atoms with van der Waals surface area (Å²) in [6, 6.07) is 16.1. The zero-order valence-electron chi connectivity index (χ0n) is 19.5. The highest BCUT2D eigenvalue weighted by atomic mass is 35.5. The summed E-state index contributed by atoms with van der Waals surface area (Å²) < 4.78 is 21.5. The number of nitrogens with zero attached hydrogens (tertiary/aromatic N) is 1. The molecule has 2 aliphatic heterocycles. The van der Waals surface area contributed by atoms with Gasteiger partial charge in [0.1, 0.15) is 17.3 Å². The van der Waals surface area contributed by atoms with Crippen LogP contribution in [0.3, 0.4) is 0 Å². The monoisotopic (exact) mass is 507 g/mol. The van der Waals surface area contributed by atoms with E-state index in [1.54, 1.807) is 54.6 Å². The number of benzene rings is 3. The fraction of sp³-hybridized carbons (Fsp3) is 0.185. The van der Waals surface area contributed by atoms with E-state index in [1.807, 2.05) is 0 Å². The Morgan fingerprint density at radius 1 is 1.00 bits per heavy atom. The Bertz CT molecular complexity index is 1400. The molecule has 0 saturated carbocycles. The predicted molar refractivity (Wildman–Crippen MR) is 131 cm³/mol. The number of carbonyl (C=O) groups excluding carboxylic acids is 2. The largest absolute Gasteiger partial charge is 0.507 e. The van der Waals surface area contributed by atoms with Crippen molar-refractivity contribution in [3.05, 3.63) is 87.9 Å². The molecule has 3 aromatic rings. The molecule has 8 nitrogen and oxygen atoms in total. The van der Waals surface area contributed by atoms with Crippen LogP contribution in [0.15, 0.2) is 66.2 Å². The van der Waals surface area contributed by atoms with Crippen LogP contribution in [0.5, 0.6) is 23.0 Å². The maximum atomic E-state index is 13.4. The fourth-order valence-corrected chi connectivity index (χ4v) is 4.60. The van der Waals surface area contributed by atoms with Gasteiger partial charge in [0, 0.05) is 12.1 Å². The molecule has 1 saturated heterocycles. The Labute approximate surface area is 212 Å². The van der Waals surface area contributed by atoms with Crippen molar-refractivity contribution >= 4 is 29.1 Å². The van der Waals surface area contributed by atoms with Crippen molar-refractivity contribution in [3.8, 4) is 23.0 Å². The maximum Gasteiger partial charge on any atom is 0.295 e. The number of halogens is 1. The van der Waals surface area contributed by atoms with Gasteiger partial charge < -0.3 is 29.0 Å². The Hall–Kier alpha value is -4.17. The lowest BCUT2D eigenvalue weighted by Crippen LogP contribution is -2.29. The third-order valence-electron chi connectivity index (χ3n) is 6.17. The Morgan fingerprint density at radius 2 is 1.75 bits per heavy atom. The van der Waals surface area contributed by atoms with Crippen molar-refractivity contribution in [2.45, 2.75) is 12.6 Å². The summed E-state index contributed by atoms with van der Waals surface area (Å²) in [6.07, 6.45) is 0. The number of hydrogen-bond donors (Lipinski definition) is 1. The van der Waals surface area contributed by atoms with E-state index in [0.29, 0.717) is 28.6 Å². The van der Waals surface area contributed by atoms with E-state index in [-0.39, 0.29) is 29.5 Å². The van der Waals surface area contributed by atoms with Gasteiger partial charge in [0.05, 0.1) is 30.9 Å². The molecule has 9 heteroatoms. The van der Waals surface area contributed by atoms with Gasteiger partial charge in [-0.05, 0) is 53.6 Å². The molecule has 0 bridgehead atoms. The summed E-state index contributed by atoms with van der Waals surface area (Å²) in [5.74, 6) is 0.191. The fourth-order valence-electron chi connectivity index (χ4n) is 4.40.